The average molecular weight is 508 g/mol. The summed E-state index contributed by atoms with van der Waals surface area (Å²) in [5.41, 5.74) is 4.27. The third-order valence-corrected chi connectivity index (χ3v) is 14.1. The van der Waals surface area contributed by atoms with Crippen LogP contribution in [0.4, 0.5) is 0 Å². The van der Waals surface area contributed by atoms with E-state index in [-0.39, 0.29) is 5.91 Å². The smallest absolute Gasteiger partial charge is 0.265 e. The van der Waals surface area contributed by atoms with Crippen molar-refractivity contribution in [2.24, 2.45) is 34.0 Å². The molecule has 1 aromatic rings. The molecule has 5 aliphatic carbocycles. The van der Waals surface area contributed by atoms with Crippen LogP contribution in [-0.2, 0) is 0 Å². The van der Waals surface area contributed by atoms with E-state index in [4.69, 9.17) is 4.98 Å². The van der Waals surface area contributed by atoms with E-state index in [0.29, 0.717) is 28.2 Å². The lowest BCUT2D eigenvalue weighted by Gasteiger charge is -2.59. The molecular formula is C31H45N3OS. The summed E-state index contributed by atoms with van der Waals surface area (Å²) in [6, 6.07) is 1.23. The first-order valence-electron chi connectivity index (χ1n) is 14.8. The highest BCUT2D eigenvalue weighted by Gasteiger charge is 2.78. The second-order valence-corrected chi connectivity index (χ2v) is 15.2. The van der Waals surface area contributed by atoms with Crippen LogP contribution in [0.5, 0.6) is 0 Å². The summed E-state index contributed by atoms with van der Waals surface area (Å²) in [7, 11) is 4.45. The van der Waals surface area contributed by atoms with E-state index >= 15 is 0 Å². The van der Waals surface area contributed by atoms with E-state index in [9.17, 15) is 4.79 Å². The fourth-order valence-corrected chi connectivity index (χ4v) is 11.8. The number of nitrogens with zero attached hydrogens (tertiary/aromatic N) is 3. The fraction of sp³-hybridized carbons (Fsp3) is 0.806. The predicted octanol–water partition coefficient (Wildman–Crippen LogP) is 6.66. The third kappa shape index (κ3) is 2.91. The van der Waals surface area contributed by atoms with Crippen molar-refractivity contribution in [3.63, 3.8) is 0 Å². The minimum atomic E-state index is 0.181. The highest BCUT2D eigenvalue weighted by Crippen LogP contribution is 2.80. The van der Waals surface area contributed by atoms with Crippen LogP contribution in [0.1, 0.15) is 105 Å². The van der Waals surface area contributed by atoms with Gasteiger partial charge in [0, 0.05) is 31.6 Å². The van der Waals surface area contributed by atoms with Gasteiger partial charge in [-0.3, -0.25) is 4.79 Å². The standard InChI is InChI=1S/C31H45N3OS/c1-18(2)27-32-19(3)26(36-27)28(35)34(6)21-9-12-29(4)20(15-21)7-8-22-23(29)10-14-31-17-33(5)25-16-30(25,31)13-11-24(22)31/h7,18,21-25H,8-17H2,1-6H3/t21-,22+,23?,24?,25-,29-,30-,31+/m0/s1. The van der Waals surface area contributed by atoms with Gasteiger partial charge in [0.05, 0.1) is 10.7 Å². The van der Waals surface area contributed by atoms with Gasteiger partial charge >= 0.3 is 0 Å². The van der Waals surface area contributed by atoms with Crippen LogP contribution in [0.15, 0.2) is 11.6 Å². The maximum atomic E-state index is 13.5. The van der Waals surface area contributed by atoms with Crippen LogP contribution in [0.2, 0.25) is 0 Å². The number of thiazole rings is 1. The van der Waals surface area contributed by atoms with Gasteiger partial charge in [-0.25, -0.2) is 4.98 Å². The highest BCUT2D eigenvalue weighted by atomic mass is 32.1. The van der Waals surface area contributed by atoms with E-state index in [1.807, 2.05) is 14.0 Å². The molecule has 5 fully saturated rings. The molecular weight excluding hydrogens is 462 g/mol. The molecule has 2 unspecified atom stereocenters. The van der Waals surface area contributed by atoms with Crippen molar-refractivity contribution in [3.05, 3.63) is 27.2 Å². The zero-order chi connectivity index (χ0) is 25.2. The minimum absolute atomic E-state index is 0.181. The van der Waals surface area contributed by atoms with Crippen molar-refractivity contribution in [1.82, 2.24) is 14.8 Å². The first kappa shape index (κ1) is 23.9. The van der Waals surface area contributed by atoms with Crippen LogP contribution in [0.3, 0.4) is 0 Å². The lowest BCUT2D eigenvalue weighted by Crippen LogP contribution is -2.53. The van der Waals surface area contributed by atoms with Crippen molar-refractivity contribution in [2.75, 3.05) is 20.6 Å². The maximum Gasteiger partial charge on any atom is 0.265 e. The Kier molecular flexibility index (Phi) is 5.10. The second kappa shape index (κ2) is 7.68. The minimum Gasteiger partial charge on any atom is -0.338 e. The van der Waals surface area contributed by atoms with E-state index in [1.54, 1.807) is 16.9 Å². The molecule has 196 valence electrons. The Bertz CT molecular complexity index is 1140. The lowest BCUT2D eigenvalue weighted by atomic mass is 9.46. The molecule has 0 radical (unpaired) electrons. The summed E-state index contributed by atoms with van der Waals surface area (Å²) in [4.78, 5) is 23.9. The number of hydrogen-bond acceptors (Lipinski definition) is 4. The molecule has 4 saturated carbocycles. The van der Waals surface area contributed by atoms with Crippen LogP contribution in [0, 0.1) is 40.9 Å². The Hall–Kier alpha value is -1.20. The number of rotatable bonds is 3. The van der Waals surface area contributed by atoms with Gasteiger partial charge in [-0.1, -0.05) is 32.4 Å². The Labute approximate surface area is 221 Å². The molecule has 1 saturated heterocycles. The fourth-order valence-electron chi connectivity index (χ4n) is 10.7. The zero-order valence-electron chi connectivity index (χ0n) is 23.3. The number of carbonyl (C=O) groups excluding carboxylic acids is 1. The summed E-state index contributed by atoms with van der Waals surface area (Å²) in [6.45, 7) is 10.3. The van der Waals surface area contributed by atoms with Crippen molar-refractivity contribution in [1.29, 1.82) is 0 Å². The molecule has 7 rings (SSSR count). The molecule has 0 aromatic carbocycles. The molecule has 6 aliphatic rings. The summed E-state index contributed by atoms with van der Waals surface area (Å²) in [5.74, 6) is 3.25. The number of aryl methyl sites for hydroxylation is 1. The van der Waals surface area contributed by atoms with E-state index < -0.39 is 0 Å². The molecule has 0 N–H and O–H groups in total. The first-order chi connectivity index (χ1) is 17.1. The Morgan fingerprint density at radius 2 is 1.92 bits per heavy atom. The monoisotopic (exact) mass is 507 g/mol. The highest BCUT2D eigenvalue weighted by molar-refractivity contribution is 7.13. The third-order valence-electron chi connectivity index (χ3n) is 12.6. The van der Waals surface area contributed by atoms with Gasteiger partial charge in [-0.05, 0) is 106 Å². The molecule has 1 aromatic heterocycles. The topological polar surface area (TPSA) is 36.4 Å². The number of likely N-dealkylation sites (tertiary alicyclic amines) is 1. The average Bonchev–Trinajstić information content (AvgIpc) is 3.22. The van der Waals surface area contributed by atoms with Gasteiger partial charge < -0.3 is 9.80 Å². The summed E-state index contributed by atoms with van der Waals surface area (Å²) in [5, 5.41) is 1.08. The predicted molar refractivity (Wildman–Crippen MR) is 146 cm³/mol. The molecule has 8 atom stereocenters. The van der Waals surface area contributed by atoms with Gasteiger partial charge in [-0.2, -0.15) is 0 Å². The number of allylic oxidation sites excluding steroid dienone is 1. The lowest BCUT2D eigenvalue weighted by molar-refractivity contribution is -0.0538. The SMILES string of the molecule is Cc1nc(C(C)C)sc1C(=O)N(C)[C@H]1CC[C@@]2(C)C(=CC[C@H]3C4CC[C@]56C[C@@H]5N(C)C[C@]46CCC32)C1. The van der Waals surface area contributed by atoms with Crippen LogP contribution in [-0.4, -0.2) is 53.4 Å². The largest absolute Gasteiger partial charge is 0.338 e. The molecule has 1 aliphatic heterocycles. The number of piperidine rings is 1. The van der Waals surface area contributed by atoms with Crippen LogP contribution in [0.25, 0.3) is 0 Å². The molecule has 0 bridgehead atoms. The van der Waals surface area contributed by atoms with Gasteiger partial charge in [0.15, 0.2) is 0 Å². The van der Waals surface area contributed by atoms with E-state index in [1.165, 1.54) is 51.5 Å². The first-order valence-corrected chi connectivity index (χ1v) is 15.6. The Balaban J connectivity index is 1.11. The molecule has 1 amide bonds. The number of hydrogen-bond donors (Lipinski definition) is 0. The number of fused-ring (bicyclic) bond motifs is 4. The van der Waals surface area contributed by atoms with Gasteiger partial charge in [0.2, 0.25) is 0 Å². The molecule has 2 spiro atoms. The number of aromatic nitrogens is 1. The van der Waals surface area contributed by atoms with Crippen LogP contribution < -0.4 is 0 Å². The van der Waals surface area contributed by atoms with Crippen molar-refractivity contribution in [2.45, 2.75) is 103 Å². The van der Waals surface area contributed by atoms with Gasteiger partial charge in [-0.15, -0.1) is 11.3 Å². The Morgan fingerprint density at radius 3 is 2.64 bits per heavy atom. The summed E-state index contributed by atoms with van der Waals surface area (Å²) >= 11 is 1.60. The van der Waals surface area contributed by atoms with Crippen molar-refractivity contribution < 1.29 is 4.79 Å². The normalized spacial score (nSPS) is 44.9. The van der Waals surface area contributed by atoms with Crippen molar-refractivity contribution in [3.8, 4) is 0 Å². The second-order valence-electron chi connectivity index (χ2n) is 14.2. The molecule has 36 heavy (non-hydrogen) atoms. The summed E-state index contributed by atoms with van der Waals surface area (Å²) in [6.07, 6.45) is 14.8. The van der Waals surface area contributed by atoms with Gasteiger partial charge in [0.1, 0.15) is 4.88 Å². The summed E-state index contributed by atoms with van der Waals surface area (Å²) < 4.78 is 0. The number of amides is 1. The molecule has 2 heterocycles. The quantitative estimate of drug-likeness (QED) is 0.429. The van der Waals surface area contributed by atoms with E-state index in [0.717, 1.165) is 52.2 Å². The zero-order valence-corrected chi connectivity index (χ0v) is 24.1. The van der Waals surface area contributed by atoms with E-state index in [2.05, 4.69) is 43.7 Å². The molecule has 5 heteroatoms. The molecule has 4 nitrogen and oxygen atoms in total. The Morgan fingerprint density at radius 1 is 1.17 bits per heavy atom. The van der Waals surface area contributed by atoms with Crippen LogP contribution >= 0.6 is 11.3 Å². The maximum absolute atomic E-state index is 13.5. The number of carbonyl (C=O) groups is 1. The van der Waals surface area contributed by atoms with Crippen molar-refractivity contribution >= 4 is 17.2 Å². The van der Waals surface area contributed by atoms with Gasteiger partial charge in [0.25, 0.3) is 5.91 Å².